The van der Waals surface area contributed by atoms with Crippen LogP contribution in [0.3, 0.4) is 0 Å². The summed E-state index contributed by atoms with van der Waals surface area (Å²) >= 11 is 8.64. The number of carbonyl (C=O) groups is 1. The van der Waals surface area contributed by atoms with Crippen LogP contribution in [0, 0.1) is 13.8 Å². The van der Waals surface area contributed by atoms with Gasteiger partial charge in [-0.3, -0.25) is 14.2 Å². The van der Waals surface area contributed by atoms with Gasteiger partial charge in [-0.05, 0) is 54.6 Å². The first-order valence-electron chi connectivity index (χ1n) is 9.19. The number of rotatable bonds is 5. The van der Waals surface area contributed by atoms with Crippen molar-refractivity contribution in [2.24, 2.45) is 0 Å². The van der Waals surface area contributed by atoms with Gasteiger partial charge in [-0.2, -0.15) is 0 Å². The van der Waals surface area contributed by atoms with Crippen molar-refractivity contribution in [2.75, 3.05) is 11.1 Å². The molecule has 0 bridgehead atoms. The minimum Gasteiger partial charge on any atom is -0.325 e. The summed E-state index contributed by atoms with van der Waals surface area (Å²) < 4.78 is 2.19. The third-order valence-electron chi connectivity index (χ3n) is 4.61. The standard InChI is InChI=1S/C22H18ClN3O2S2/c1-13-7-8-15(23)11-17(13)24-19(27)12-30-22-25-16-9-10-29-20(16)21(28)26(22)18-6-4-3-5-14(18)2/h3-11H,12H2,1-2H3,(H,24,27). The third-order valence-corrected chi connectivity index (χ3v) is 6.68. The number of nitrogens with one attached hydrogen (secondary N) is 1. The highest BCUT2D eigenvalue weighted by atomic mass is 35.5. The molecule has 0 radical (unpaired) electrons. The Labute approximate surface area is 186 Å². The maximum atomic E-state index is 13.2. The molecule has 0 unspecified atom stereocenters. The average molecular weight is 456 g/mol. The summed E-state index contributed by atoms with van der Waals surface area (Å²) in [5, 5.41) is 5.77. The van der Waals surface area contributed by atoms with Gasteiger partial charge in [0, 0.05) is 10.7 Å². The number of benzene rings is 2. The molecule has 1 N–H and O–H groups in total. The van der Waals surface area contributed by atoms with Crippen LogP contribution >= 0.6 is 34.7 Å². The lowest BCUT2D eigenvalue weighted by Gasteiger charge is -2.14. The molecule has 0 atom stereocenters. The summed E-state index contributed by atoms with van der Waals surface area (Å²) in [5.74, 6) is -0.0822. The number of thiophene rings is 1. The van der Waals surface area contributed by atoms with Crippen molar-refractivity contribution >= 4 is 56.5 Å². The lowest BCUT2D eigenvalue weighted by atomic mass is 10.2. The van der Waals surface area contributed by atoms with E-state index in [0.717, 1.165) is 16.8 Å². The van der Waals surface area contributed by atoms with Crippen LogP contribution in [0.25, 0.3) is 15.9 Å². The molecule has 0 spiro atoms. The van der Waals surface area contributed by atoms with Crippen LogP contribution in [0.1, 0.15) is 11.1 Å². The monoisotopic (exact) mass is 455 g/mol. The number of aryl methyl sites for hydroxylation is 2. The van der Waals surface area contributed by atoms with Crippen molar-refractivity contribution in [1.29, 1.82) is 0 Å². The van der Waals surface area contributed by atoms with Crippen molar-refractivity contribution in [3.8, 4) is 5.69 Å². The van der Waals surface area contributed by atoms with Gasteiger partial charge in [0.25, 0.3) is 5.56 Å². The van der Waals surface area contributed by atoms with Crippen LogP contribution < -0.4 is 10.9 Å². The molecule has 0 aliphatic heterocycles. The van der Waals surface area contributed by atoms with Gasteiger partial charge in [-0.15, -0.1) is 11.3 Å². The van der Waals surface area contributed by atoms with Crippen LogP contribution in [-0.4, -0.2) is 21.2 Å². The smallest absolute Gasteiger partial charge is 0.276 e. The Morgan fingerprint density at radius 3 is 2.77 bits per heavy atom. The number of halogens is 1. The normalized spacial score (nSPS) is 11.0. The second kappa shape index (κ2) is 8.63. The molecule has 2 heterocycles. The first kappa shape index (κ1) is 20.7. The Morgan fingerprint density at radius 1 is 1.17 bits per heavy atom. The van der Waals surface area contributed by atoms with Gasteiger partial charge in [-0.25, -0.2) is 4.98 Å². The van der Waals surface area contributed by atoms with Crippen molar-refractivity contribution in [3.05, 3.63) is 80.4 Å². The fraction of sp³-hybridized carbons (Fsp3) is 0.136. The number of hydrogen-bond acceptors (Lipinski definition) is 5. The Balaban J connectivity index is 1.66. The number of amides is 1. The molecule has 2 aromatic carbocycles. The van der Waals surface area contributed by atoms with Crippen LogP contribution in [0.4, 0.5) is 5.69 Å². The number of nitrogens with zero attached hydrogens (tertiary/aromatic N) is 2. The molecule has 1 amide bonds. The zero-order chi connectivity index (χ0) is 21.3. The maximum Gasteiger partial charge on any atom is 0.276 e. The predicted molar refractivity (Wildman–Crippen MR) is 125 cm³/mol. The van der Waals surface area contributed by atoms with Crippen molar-refractivity contribution in [2.45, 2.75) is 19.0 Å². The van der Waals surface area contributed by atoms with Gasteiger partial charge >= 0.3 is 0 Å². The van der Waals surface area contributed by atoms with Crippen LogP contribution in [0.2, 0.25) is 5.02 Å². The van der Waals surface area contributed by atoms with Gasteiger partial charge in [0.2, 0.25) is 5.91 Å². The van der Waals surface area contributed by atoms with Crippen LogP contribution in [0.15, 0.2) is 63.9 Å². The summed E-state index contributed by atoms with van der Waals surface area (Å²) in [4.78, 5) is 30.4. The topological polar surface area (TPSA) is 64.0 Å². The number of aromatic nitrogens is 2. The van der Waals surface area contributed by atoms with Gasteiger partial charge < -0.3 is 5.32 Å². The zero-order valence-electron chi connectivity index (χ0n) is 16.3. The number of anilines is 1. The van der Waals surface area contributed by atoms with E-state index in [1.165, 1.54) is 23.1 Å². The molecule has 8 heteroatoms. The second-order valence-corrected chi connectivity index (χ2v) is 9.05. The first-order valence-corrected chi connectivity index (χ1v) is 11.4. The Morgan fingerprint density at radius 2 is 1.97 bits per heavy atom. The summed E-state index contributed by atoms with van der Waals surface area (Å²) in [7, 11) is 0. The van der Waals surface area contributed by atoms with E-state index in [0.29, 0.717) is 26.1 Å². The van der Waals surface area contributed by atoms with Crippen molar-refractivity contribution < 1.29 is 4.79 Å². The predicted octanol–water partition coefficient (Wildman–Crippen LogP) is 5.45. The third kappa shape index (κ3) is 4.14. The largest absolute Gasteiger partial charge is 0.325 e. The van der Waals surface area contributed by atoms with E-state index in [9.17, 15) is 9.59 Å². The molecule has 0 saturated carbocycles. The van der Waals surface area contributed by atoms with Gasteiger partial charge in [0.15, 0.2) is 5.16 Å². The van der Waals surface area contributed by atoms with E-state index in [1.807, 2.05) is 55.6 Å². The molecule has 0 aliphatic carbocycles. The fourth-order valence-corrected chi connectivity index (χ4v) is 4.80. The molecule has 4 aromatic rings. The Kier molecular flexibility index (Phi) is 5.94. The summed E-state index contributed by atoms with van der Waals surface area (Å²) in [6.45, 7) is 3.85. The molecule has 30 heavy (non-hydrogen) atoms. The van der Waals surface area contributed by atoms with E-state index >= 15 is 0 Å². The van der Waals surface area contributed by atoms with E-state index in [2.05, 4.69) is 10.3 Å². The van der Waals surface area contributed by atoms with Crippen LogP contribution in [-0.2, 0) is 4.79 Å². The quantitative estimate of drug-likeness (QED) is 0.321. The Hall–Kier alpha value is -2.61. The minimum absolute atomic E-state index is 0.111. The lowest BCUT2D eigenvalue weighted by Crippen LogP contribution is -2.23. The van der Waals surface area contributed by atoms with E-state index < -0.39 is 0 Å². The molecule has 2 aromatic heterocycles. The fourth-order valence-electron chi connectivity index (χ4n) is 3.06. The second-order valence-electron chi connectivity index (χ2n) is 6.75. The molecule has 4 rings (SSSR count). The van der Waals surface area contributed by atoms with E-state index in [4.69, 9.17) is 11.6 Å². The van der Waals surface area contributed by atoms with E-state index in [-0.39, 0.29) is 17.2 Å². The highest BCUT2D eigenvalue weighted by molar-refractivity contribution is 7.99. The van der Waals surface area contributed by atoms with Gasteiger partial charge in [0.05, 0.1) is 17.0 Å². The lowest BCUT2D eigenvalue weighted by molar-refractivity contribution is -0.113. The molecule has 152 valence electrons. The van der Waals surface area contributed by atoms with Crippen molar-refractivity contribution in [3.63, 3.8) is 0 Å². The number of hydrogen-bond donors (Lipinski definition) is 1. The van der Waals surface area contributed by atoms with Gasteiger partial charge in [0.1, 0.15) is 4.70 Å². The molecule has 0 saturated heterocycles. The number of para-hydroxylation sites is 1. The molecular formula is C22H18ClN3O2S2. The zero-order valence-corrected chi connectivity index (χ0v) is 18.7. The summed E-state index contributed by atoms with van der Waals surface area (Å²) in [6.07, 6.45) is 0. The number of carbonyl (C=O) groups excluding carboxylic acids is 1. The Bertz CT molecular complexity index is 1310. The average Bonchev–Trinajstić information content (AvgIpc) is 3.19. The number of fused-ring (bicyclic) bond motifs is 1. The SMILES string of the molecule is Cc1ccc(Cl)cc1NC(=O)CSc1nc2ccsc2c(=O)n1-c1ccccc1C. The highest BCUT2D eigenvalue weighted by Crippen LogP contribution is 2.26. The minimum atomic E-state index is -0.193. The van der Waals surface area contributed by atoms with Crippen LogP contribution in [0.5, 0.6) is 0 Å². The number of thioether (sulfide) groups is 1. The van der Waals surface area contributed by atoms with Gasteiger partial charge in [-0.1, -0.05) is 47.6 Å². The van der Waals surface area contributed by atoms with Crippen molar-refractivity contribution in [1.82, 2.24) is 9.55 Å². The maximum absolute atomic E-state index is 13.2. The molecule has 0 fully saturated rings. The summed E-state index contributed by atoms with van der Waals surface area (Å²) in [5.41, 5.74) is 3.83. The summed E-state index contributed by atoms with van der Waals surface area (Å²) in [6, 6.07) is 14.8. The highest BCUT2D eigenvalue weighted by Gasteiger charge is 2.17. The molecule has 5 nitrogen and oxygen atoms in total. The molecular weight excluding hydrogens is 438 g/mol. The molecule has 0 aliphatic rings. The first-order chi connectivity index (χ1) is 14.4. The van der Waals surface area contributed by atoms with E-state index in [1.54, 1.807) is 16.7 Å².